The van der Waals surface area contributed by atoms with Gasteiger partial charge in [0.15, 0.2) is 0 Å². The number of aromatic amines is 2. The smallest absolute Gasteiger partial charge is 0.300 e. The van der Waals surface area contributed by atoms with Crippen molar-refractivity contribution in [2.75, 3.05) is 64.3 Å². The fraction of sp³-hybridized carbons (Fsp3) is 0.364. The molecule has 0 saturated carbocycles. The van der Waals surface area contributed by atoms with Gasteiger partial charge in [-0.15, -0.1) is 0 Å². The largest absolute Gasteiger partial charge is 0.459 e. The van der Waals surface area contributed by atoms with Gasteiger partial charge in [0.25, 0.3) is 11.6 Å². The Bertz CT molecular complexity index is 1090. The predicted molar refractivity (Wildman–Crippen MR) is 117 cm³/mol. The fourth-order valence-electron chi connectivity index (χ4n) is 2.62. The van der Waals surface area contributed by atoms with E-state index in [4.69, 9.17) is 56.2 Å². The van der Waals surface area contributed by atoms with Crippen LogP contribution in [0.2, 0.25) is 0 Å². The number of ether oxygens (including phenoxy) is 5. The van der Waals surface area contributed by atoms with E-state index in [1.807, 2.05) is 24.3 Å². The number of rotatable bonds is 14. The molecule has 13 heteroatoms. The highest BCUT2D eigenvalue weighted by atomic mass is 16.6. The lowest BCUT2D eigenvalue weighted by atomic mass is 10.2. The molecule has 0 aromatic carbocycles. The number of pyridine rings is 2. The standard InChI is InChI=1S/C22H22N8O5/c23-11-15-9-17(13-25)21(29-19(15)27)34-7-5-32-3-1-31-2-4-33-6-8-35-22-18(14-26)10-16(12-24)20(28)30-22/h9-10H,1-8H2,(H2,27,29)(H2,28,30)/p+2. The molecule has 2 heterocycles. The van der Waals surface area contributed by atoms with E-state index in [2.05, 4.69) is 9.97 Å². The number of anilines is 2. The SMILES string of the molecule is N#Cc1cc(C#N)c(OCCOCCOCCOCCOc2[nH+]c(N)c(C#N)cc2C#N)[nH+]c1N. The van der Waals surface area contributed by atoms with Crippen molar-refractivity contribution in [3.8, 4) is 36.0 Å². The summed E-state index contributed by atoms with van der Waals surface area (Å²) in [5, 5.41) is 36.1. The molecule has 0 aliphatic heterocycles. The van der Waals surface area contributed by atoms with Crippen LogP contribution in [0.3, 0.4) is 0 Å². The second-order valence-electron chi connectivity index (χ2n) is 6.66. The average molecular weight is 480 g/mol. The molecule has 0 radical (unpaired) electrons. The van der Waals surface area contributed by atoms with Crippen LogP contribution < -0.4 is 30.9 Å². The van der Waals surface area contributed by atoms with Gasteiger partial charge in [0, 0.05) is 0 Å². The van der Waals surface area contributed by atoms with Gasteiger partial charge < -0.3 is 23.7 Å². The molecular formula is C22H24N8O5+2. The zero-order valence-corrected chi connectivity index (χ0v) is 18.8. The lowest BCUT2D eigenvalue weighted by Crippen LogP contribution is -2.21. The maximum absolute atomic E-state index is 9.13. The van der Waals surface area contributed by atoms with Crippen LogP contribution in [-0.2, 0) is 14.2 Å². The molecule has 0 bridgehead atoms. The van der Waals surface area contributed by atoms with Crippen LogP contribution in [0.5, 0.6) is 11.8 Å². The van der Waals surface area contributed by atoms with Crippen LogP contribution in [-0.4, -0.2) is 52.9 Å². The summed E-state index contributed by atoms with van der Waals surface area (Å²) in [6.07, 6.45) is 0. The number of nitrogens with two attached hydrogens (primary N) is 2. The van der Waals surface area contributed by atoms with Crippen molar-refractivity contribution in [3.05, 3.63) is 34.4 Å². The van der Waals surface area contributed by atoms with Crippen molar-refractivity contribution in [1.82, 2.24) is 0 Å². The second-order valence-corrected chi connectivity index (χ2v) is 6.66. The van der Waals surface area contributed by atoms with Crippen LogP contribution in [0, 0.1) is 45.3 Å². The van der Waals surface area contributed by atoms with Gasteiger partial charge in [0.2, 0.25) is 0 Å². The van der Waals surface area contributed by atoms with Crippen molar-refractivity contribution < 1.29 is 33.7 Å². The molecule has 0 spiro atoms. The zero-order valence-electron chi connectivity index (χ0n) is 18.8. The number of hydrogen-bond donors (Lipinski definition) is 2. The Morgan fingerprint density at radius 2 is 0.857 bits per heavy atom. The van der Waals surface area contributed by atoms with Crippen LogP contribution >= 0.6 is 0 Å². The molecular weight excluding hydrogens is 456 g/mol. The summed E-state index contributed by atoms with van der Waals surface area (Å²) in [6.45, 7) is 2.25. The van der Waals surface area contributed by atoms with Crippen molar-refractivity contribution in [1.29, 1.82) is 21.0 Å². The summed E-state index contributed by atoms with van der Waals surface area (Å²) in [4.78, 5) is 5.36. The molecule has 2 rings (SSSR count). The number of nitriles is 4. The van der Waals surface area contributed by atoms with Gasteiger partial charge >= 0.3 is 11.8 Å². The number of nitrogens with zero attached hydrogens (tertiary/aromatic N) is 4. The number of aromatic nitrogens is 2. The molecule has 2 aromatic heterocycles. The molecule has 13 nitrogen and oxygen atoms in total. The molecule has 0 atom stereocenters. The van der Waals surface area contributed by atoms with Gasteiger partial charge in [-0.1, -0.05) is 0 Å². The van der Waals surface area contributed by atoms with E-state index in [1.165, 1.54) is 12.1 Å². The molecule has 0 fully saturated rings. The molecule has 35 heavy (non-hydrogen) atoms. The summed E-state index contributed by atoms with van der Waals surface area (Å²) in [6, 6.07) is 10.4. The van der Waals surface area contributed by atoms with E-state index in [0.29, 0.717) is 26.4 Å². The Hall–Kier alpha value is -4.66. The Morgan fingerprint density at radius 3 is 1.17 bits per heavy atom. The highest BCUT2D eigenvalue weighted by Crippen LogP contribution is 2.16. The Kier molecular flexibility index (Phi) is 11.0. The van der Waals surface area contributed by atoms with Crippen LogP contribution in [0.15, 0.2) is 12.1 Å². The minimum Gasteiger partial charge on any atom is -0.459 e. The monoisotopic (exact) mass is 480 g/mol. The van der Waals surface area contributed by atoms with Crippen molar-refractivity contribution in [2.24, 2.45) is 0 Å². The second kappa shape index (κ2) is 14.5. The first-order chi connectivity index (χ1) is 17.0. The maximum Gasteiger partial charge on any atom is 0.300 e. The Morgan fingerprint density at radius 1 is 0.543 bits per heavy atom. The molecule has 6 N–H and O–H groups in total. The molecule has 0 saturated heterocycles. The van der Waals surface area contributed by atoms with Gasteiger partial charge in [-0.05, 0) is 12.1 Å². The third kappa shape index (κ3) is 8.32. The van der Waals surface area contributed by atoms with Crippen LogP contribution in [0.4, 0.5) is 11.6 Å². The van der Waals surface area contributed by atoms with Crippen molar-refractivity contribution in [3.63, 3.8) is 0 Å². The molecule has 0 aliphatic rings. The van der Waals surface area contributed by atoms with E-state index >= 15 is 0 Å². The van der Waals surface area contributed by atoms with Gasteiger partial charge in [-0.3, -0.25) is 11.5 Å². The van der Waals surface area contributed by atoms with Gasteiger partial charge in [0.1, 0.15) is 59.7 Å². The van der Waals surface area contributed by atoms with Crippen molar-refractivity contribution in [2.45, 2.75) is 0 Å². The van der Waals surface area contributed by atoms with E-state index in [0.717, 1.165) is 0 Å². The van der Waals surface area contributed by atoms with Crippen molar-refractivity contribution >= 4 is 11.6 Å². The van der Waals surface area contributed by atoms with E-state index < -0.39 is 0 Å². The van der Waals surface area contributed by atoms with E-state index in [-0.39, 0.29) is 72.1 Å². The fourth-order valence-corrected chi connectivity index (χ4v) is 2.62. The maximum atomic E-state index is 9.13. The average Bonchev–Trinajstić information content (AvgIpc) is 2.87. The van der Waals surface area contributed by atoms with Crippen LogP contribution in [0.25, 0.3) is 0 Å². The molecule has 180 valence electrons. The highest BCUT2D eigenvalue weighted by Gasteiger charge is 2.16. The number of H-pyrrole nitrogens is 2. The topological polar surface area (TPSA) is 222 Å². The van der Waals surface area contributed by atoms with E-state index in [9.17, 15) is 0 Å². The minimum atomic E-state index is 0.119. The normalized spacial score (nSPS) is 9.94. The molecule has 0 amide bonds. The predicted octanol–water partition coefficient (Wildman–Crippen LogP) is -0.526. The highest BCUT2D eigenvalue weighted by molar-refractivity contribution is 5.51. The number of nitrogens with one attached hydrogen (secondary N) is 2. The Labute approximate surface area is 201 Å². The first-order valence-electron chi connectivity index (χ1n) is 10.3. The van der Waals surface area contributed by atoms with Gasteiger partial charge in [-0.25, -0.2) is 9.97 Å². The lowest BCUT2D eigenvalue weighted by molar-refractivity contribution is -0.379. The third-order valence-corrected chi connectivity index (χ3v) is 4.32. The summed E-state index contributed by atoms with van der Waals surface area (Å²) < 4.78 is 27.1. The molecule has 0 unspecified atom stereocenters. The molecule has 2 aromatic rings. The number of hydrogen-bond acceptors (Lipinski definition) is 11. The Balaban J connectivity index is 1.51. The summed E-state index contributed by atoms with van der Waals surface area (Å²) >= 11 is 0. The summed E-state index contributed by atoms with van der Waals surface area (Å²) in [5.74, 6) is 0.589. The third-order valence-electron chi connectivity index (χ3n) is 4.32. The minimum absolute atomic E-state index is 0.119. The van der Waals surface area contributed by atoms with Crippen LogP contribution in [0.1, 0.15) is 22.3 Å². The first kappa shape index (κ1) is 26.6. The molecule has 0 aliphatic carbocycles. The quantitative estimate of drug-likeness (QED) is 0.327. The van der Waals surface area contributed by atoms with E-state index in [1.54, 1.807) is 0 Å². The first-order valence-corrected chi connectivity index (χ1v) is 10.3. The van der Waals surface area contributed by atoms with Gasteiger partial charge in [-0.2, -0.15) is 21.0 Å². The zero-order chi connectivity index (χ0) is 25.5. The van der Waals surface area contributed by atoms with Gasteiger partial charge in [0.05, 0.1) is 39.6 Å². The summed E-state index contributed by atoms with van der Waals surface area (Å²) in [7, 11) is 0. The number of nitrogen functional groups attached to an aromatic ring is 2. The lowest BCUT2D eigenvalue weighted by Gasteiger charge is -2.08. The summed E-state index contributed by atoms with van der Waals surface area (Å²) in [5.41, 5.74) is 12.1.